The summed E-state index contributed by atoms with van der Waals surface area (Å²) in [5, 5.41) is 0. The maximum atomic E-state index is 11.9. The van der Waals surface area contributed by atoms with Crippen molar-refractivity contribution in [3.8, 4) is 0 Å². The molecule has 70 valence electrons. The van der Waals surface area contributed by atoms with E-state index in [0.29, 0.717) is 5.57 Å². The van der Waals surface area contributed by atoms with Gasteiger partial charge in [0.1, 0.15) is 0 Å². The van der Waals surface area contributed by atoms with Crippen LogP contribution in [0.5, 0.6) is 0 Å². The highest BCUT2D eigenvalue weighted by Gasteiger charge is 2.31. The number of rotatable bonds is 3. The fourth-order valence-electron chi connectivity index (χ4n) is 0.511. The maximum Gasteiger partial charge on any atom is 0.484 e. The molecule has 0 rings (SSSR count). The minimum atomic E-state index is -4.36. The molecule has 0 aromatic rings. The molecule has 0 aliphatic carbocycles. The summed E-state index contributed by atoms with van der Waals surface area (Å²) < 4.78 is 35.7. The number of hydrogen-bond donors (Lipinski definition) is 1. The lowest BCUT2D eigenvalue weighted by Gasteiger charge is -2.18. The van der Waals surface area contributed by atoms with Gasteiger partial charge in [0.15, 0.2) is 0 Å². The molecule has 0 unspecified atom stereocenters. The van der Waals surface area contributed by atoms with Gasteiger partial charge in [-0.3, -0.25) is 4.90 Å². The van der Waals surface area contributed by atoms with Gasteiger partial charge >= 0.3 is 6.30 Å². The van der Waals surface area contributed by atoms with E-state index in [-0.39, 0.29) is 11.4 Å². The topological polar surface area (TPSA) is 29.3 Å². The van der Waals surface area contributed by atoms with Crippen LogP contribution in [0.3, 0.4) is 0 Å². The molecular weight excluding hydrogens is 169 g/mol. The second-order valence-electron chi connectivity index (χ2n) is 2.19. The van der Waals surface area contributed by atoms with Gasteiger partial charge in [0.25, 0.3) is 0 Å². The molecule has 12 heavy (non-hydrogen) atoms. The summed E-state index contributed by atoms with van der Waals surface area (Å²) in [7, 11) is 0.916. The SMILES string of the molecule is C=C/C(=C\N(C)C(F)(F)F)CN. The highest BCUT2D eigenvalue weighted by atomic mass is 19.4. The van der Waals surface area contributed by atoms with E-state index in [2.05, 4.69) is 6.58 Å². The van der Waals surface area contributed by atoms with Crippen LogP contribution in [0.15, 0.2) is 24.4 Å². The van der Waals surface area contributed by atoms with Gasteiger partial charge in [-0.25, -0.2) is 0 Å². The van der Waals surface area contributed by atoms with Crippen LogP contribution >= 0.6 is 0 Å². The van der Waals surface area contributed by atoms with Gasteiger partial charge in [0, 0.05) is 19.8 Å². The molecular formula is C7H11F3N2. The molecule has 0 aliphatic rings. The van der Waals surface area contributed by atoms with Gasteiger partial charge in [0.05, 0.1) is 0 Å². The zero-order valence-electron chi connectivity index (χ0n) is 6.73. The smallest absolute Gasteiger partial charge is 0.326 e. The molecule has 5 heteroatoms. The van der Waals surface area contributed by atoms with E-state index < -0.39 is 6.30 Å². The van der Waals surface area contributed by atoms with Crippen molar-refractivity contribution < 1.29 is 13.2 Å². The van der Waals surface area contributed by atoms with E-state index in [1.165, 1.54) is 6.08 Å². The summed E-state index contributed by atoms with van der Waals surface area (Å²) in [6.07, 6.45) is -2.15. The molecule has 0 amide bonds. The van der Waals surface area contributed by atoms with E-state index in [9.17, 15) is 13.2 Å². The number of nitrogens with zero attached hydrogens (tertiary/aromatic N) is 1. The second kappa shape index (κ2) is 4.15. The number of halogens is 3. The standard InChI is InChI=1S/C7H11F3N2/c1-3-6(4-11)5-12(2)7(8,9)10/h3,5H,1,4,11H2,2H3/b6-5+. The van der Waals surface area contributed by atoms with Gasteiger partial charge < -0.3 is 5.73 Å². The fourth-order valence-corrected chi connectivity index (χ4v) is 0.511. The predicted octanol–water partition coefficient (Wildman–Crippen LogP) is 1.47. The molecule has 0 saturated heterocycles. The Bertz CT molecular complexity index is 184. The van der Waals surface area contributed by atoms with Crippen LogP contribution in [-0.2, 0) is 0 Å². The van der Waals surface area contributed by atoms with Crippen molar-refractivity contribution in [1.82, 2.24) is 4.90 Å². The van der Waals surface area contributed by atoms with E-state index >= 15 is 0 Å². The molecule has 0 aliphatic heterocycles. The number of nitrogens with two attached hydrogens (primary N) is 1. The van der Waals surface area contributed by atoms with Crippen molar-refractivity contribution in [2.45, 2.75) is 6.30 Å². The second-order valence-corrected chi connectivity index (χ2v) is 2.19. The summed E-state index contributed by atoms with van der Waals surface area (Å²) in [5.74, 6) is 0. The Hall–Kier alpha value is -0.970. The zero-order chi connectivity index (χ0) is 9.78. The van der Waals surface area contributed by atoms with E-state index in [0.717, 1.165) is 13.2 Å². The van der Waals surface area contributed by atoms with Crippen LogP contribution in [0.25, 0.3) is 0 Å². The molecule has 0 fully saturated rings. The Kier molecular flexibility index (Phi) is 3.82. The molecule has 0 saturated carbocycles. The summed E-state index contributed by atoms with van der Waals surface area (Å²) in [5.41, 5.74) is 5.48. The zero-order valence-corrected chi connectivity index (χ0v) is 6.73. The highest BCUT2D eigenvalue weighted by Crippen LogP contribution is 2.19. The van der Waals surface area contributed by atoms with Crippen LogP contribution < -0.4 is 5.73 Å². The van der Waals surface area contributed by atoms with E-state index in [4.69, 9.17) is 5.73 Å². The van der Waals surface area contributed by atoms with Crippen molar-refractivity contribution in [3.63, 3.8) is 0 Å². The quantitative estimate of drug-likeness (QED) is 0.526. The summed E-state index contributed by atoms with van der Waals surface area (Å²) in [6, 6.07) is 0. The molecule has 2 N–H and O–H groups in total. The molecule has 0 bridgehead atoms. The van der Waals surface area contributed by atoms with E-state index in [1.54, 1.807) is 0 Å². The molecule has 0 radical (unpaired) electrons. The average Bonchev–Trinajstić information content (AvgIpc) is 1.97. The Morgan fingerprint density at radius 1 is 1.58 bits per heavy atom. The third kappa shape index (κ3) is 3.43. The molecule has 0 aromatic heterocycles. The Morgan fingerprint density at radius 2 is 2.08 bits per heavy atom. The summed E-state index contributed by atoms with van der Waals surface area (Å²) >= 11 is 0. The maximum absolute atomic E-state index is 11.9. The normalized spacial score (nSPS) is 12.9. The van der Waals surface area contributed by atoms with Gasteiger partial charge in [0.2, 0.25) is 0 Å². The minimum Gasteiger partial charge on any atom is -0.326 e. The Balaban J connectivity index is 4.40. The number of hydrogen-bond acceptors (Lipinski definition) is 2. The van der Waals surface area contributed by atoms with Gasteiger partial charge in [-0.1, -0.05) is 12.7 Å². The lowest BCUT2D eigenvalue weighted by Crippen LogP contribution is -2.30. The fraction of sp³-hybridized carbons (Fsp3) is 0.429. The van der Waals surface area contributed by atoms with Gasteiger partial charge in [-0.15, -0.1) is 0 Å². The van der Waals surface area contributed by atoms with Crippen molar-refractivity contribution in [3.05, 3.63) is 24.4 Å². The Morgan fingerprint density at radius 3 is 2.33 bits per heavy atom. The lowest BCUT2D eigenvalue weighted by atomic mass is 10.3. The molecule has 0 atom stereocenters. The van der Waals surface area contributed by atoms with Gasteiger partial charge in [-0.2, -0.15) is 13.2 Å². The molecule has 2 nitrogen and oxygen atoms in total. The van der Waals surface area contributed by atoms with Gasteiger partial charge in [-0.05, 0) is 5.57 Å². The monoisotopic (exact) mass is 180 g/mol. The summed E-state index contributed by atoms with van der Waals surface area (Å²) in [4.78, 5) is 0.136. The van der Waals surface area contributed by atoms with Crippen molar-refractivity contribution in [1.29, 1.82) is 0 Å². The minimum absolute atomic E-state index is 0.0456. The average molecular weight is 180 g/mol. The van der Waals surface area contributed by atoms with Crippen LogP contribution in [0, 0.1) is 0 Å². The molecule has 0 aromatic carbocycles. The third-order valence-electron chi connectivity index (χ3n) is 1.26. The van der Waals surface area contributed by atoms with E-state index in [1.807, 2.05) is 0 Å². The first-order valence-electron chi connectivity index (χ1n) is 3.24. The first-order chi connectivity index (χ1) is 5.41. The lowest BCUT2D eigenvalue weighted by molar-refractivity contribution is -0.219. The third-order valence-corrected chi connectivity index (χ3v) is 1.26. The van der Waals surface area contributed by atoms with Crippen molar-refractivity contribution >= 4 is 0 Å². The van der Waals surface area contributed by atoms with Crippen LogP contribution in [0.4, 0.5) is 13.2 Å². The Labute approximate surface area is 69.1 Å². The van der Waals surface area contributed by atoms with Crippen molar-refractivity contribution in [2.75, 3.05) is 13.6 Å². The summed E-state index contributed by atoms with van der Waals surface area (Å²) in [6.45, 7) is 3.37. The molecule has 0 spiro atoms. The predicted molar refractivity (Wildman–Crippen MR) is 41.2 cm³/mol. The highest BCUT2D eigenvalue weighted by molar-refractivity contribution is 5.16. The number of alkyl halides is 3. The molecule has 0 heterocycles. The first kappa shape index (κ1) is 11.0. The van der Waals surface area contributed by atoms with Crippen LogP contribution in [-0.4, -0.2) is 24.8 Å². The first-order valence-corrected chi connectivity index (χ1v) is 3.24. The van der Waals surface area contributed by atoms with Crippen LogP contribution in [0.2, 0.25) is 0 Å². The van der Waals surface area contributed by atoms with Crippen LogP contribution in [0.1, 0.15) is 0 Å². The van der Waals surface area contributed by atoms with Crippen molar-refractivity contribution in [2.24, 2.45) is 5.73 Å². The largest absolute Gasteiger partial charge is 0.484 e.